The lowest BCUT2D eigenvalue weighted by Gasteiger charge is -2.23. The van der Waals surface area contributed by atoms with Crippen LogP contribution in [0.15, 0.2) is 24.3 Å². The molecule has 0 spiro atoms. The lowest BCUT2D eigenvalue weighted by Crippen LogP contribution is -2.42. The summed E-state index contributed by atoms with van der Waals surface area (Å²) < 4.78 is 7.91. The molecule has 0 aliphatic carbocycles. The number of hydrogen-bond donors (Lipinski definition) is 0. The first-order chi connectivity index (χ1) is 9.02. The van der Waals surface area contributed by atoms with E-state index in [1.54, 1.807) is 0 Å². The van der Waals surface area contributed by atoms with Gasteiger partial charge < -0.3 is 4.74 Å². The van der Waals surface area contributed by atoms with Crippen LogP contribution in [-0.4, -0.2) is 17.6 Å². The van der Waals surface area contributed by atoms with Crippen molar-refractivity contribution in [1.29, 1.82) is 0 Å². The molecule has 0 amide bonds. The van der Waals surface area contributed by atoms with E-state index in [4.69, 9.17) is 11.2 Å². The standard InChI is InChI=1S/C15H16N2OSi/c1-5-14-16-15(19(2,3)4)12-10-18-13-9-7-6-8-11(13)17(12)14/h1,6-9H,10H2,2-4H3. The largest absolute Gasteiger partial charge is 0.485 e. The number of para-hydroxylation sites is 2. The highest BCUT2D eigenvalue weighted by molar-refractivity contribution is 6.88. The summed E-state index contributed by atoms with van der Waals surface area (Å²) in [6.45, 7) is 7.37. The molecule has 3 rings (SSSR count). The van der Waals surface area contributed by atoms with Crippen molar-refractivity contribution in [1.82, 2.24) is 9.55 Å². The SMILES string of the molecule is C#Cc1nc([Si](C)(C)C)c2n1-c1ccccc1OC2. The topological polar surface area (TPSA) is 27.1 Å². The highest BCUT2D eigenvalue weighted by atomic mass is 28.3. The lowest BCUT2D eigenvalue weighted by molar-refractivity contribution is 0.286. The van der Waals surface area contributed by atoms with E-state index in [0.717, 1.165) is 22.4 Å². The molecule has 0 radical (unpaired) electrons. The summed E-state index contributed by atoms with van der Waals surface area (Å²) in [6, 6.07) is 7.95. The molecule has 96 valence electrons. The molecular formula is C15H16N2OSi. The van der Waals surface area contributed by atoms with Crippen LogP contribution < -0.4 is 10.1 Å². The van der Waals surface area contributed by atoms with Gasteiger partial charge in [-0.1, -0.05) is 31.8 Å². The zero-order chi connectivity index (χ0) is 13.6. The van der Waals surface area contributed by atoms with E-state index in [2.05, 4.69) is 35.1 Å². The quantitative estimate of drug-likeness (QED) is 0.586. The van der Waals surface area contributed by atoms with Crippen LogP contribution in [0.3, 0.4) is 0 Å². The third kappa shape index (κ3) is 1.78. The Morgan fingerprint density at radius 3 is 2.74 bits per heavy atom. The molecular weight excluding hydrogens is 252 g/mol. The average molecular weight is 268 g/mol. The molecule has 0 saturated heterocycles. The van der Waals surface area contributed by atoms with Crippen molar-refractivity contribution >= 4 is 13.4 Å². The summed E-state index contributed by atoms with van der Waals surface area (Å²) in [5.74, 6) is 4.26. The van der Waals surface area contributed by atoms with Gasteiger partial charge in [0, 0.05) is 5.32 Å². The highest BCUT2D eigenvalue weighted by Crippen LogP contribution is 2.30. The van der Waals surface area contributed by atoms with Crippen molar-refractivity contribution in [2.75, 3.05) is 0 Å². The minimum absolute atomic E-state index is 0.547. The van der Waals surface area contributed by atoms with Gasteiger partial charge in [-0.3, -0.25) is 4.57 Å². The molecule has 2 heterocycles. The predicted octanol–water partition coefficient (Wildman–Crippen LogP) is 2.29. The number of terminal acetylenes is 1. The Morgan fingerprint density at radius 2 is 2.05 bits per heavy atom. The van der Waals surface area contributed by atoms with E-state index in [-0.39, 0.29) is 0 Å². The summed E-state index contributed by atoms with van der Waals surface area (Å²) in [5.41, 5.74) is 2.11. The molecule has 1 aliphatic heterocycles. The molecule has 0 unspecified atom stereocenters. The summed E-state index contributed by atoms with van der Waals surface area (Å²) in [4.78, 5) is 4.69. The molecule has 0 N–H and O–H groups in total. The average Bonchev–Trinajstić information content (AvgIpc) is 2.77. The number of aromatic nitrogens is 2. The number of rotatable bonds is 1. The number of fused-ring (bicyclic) bond motifs is 3. The smallest absolute Gasteiger partial charge is 0.190 e. The van der Waals surface area contributed by atoms with Crippen LogP contribution in [0.5, 0.6) is 5.75 Å². The molecule has 0 fully saturated rings. The lowest BCUT2D eigenvalue weighted by atomic mass is 10.2. The number of hydrogen-bond acceptors (Lipinski definition) is 2. The molecule has 0 saturated carbocycles. The number of ether oxygens (including phenoxy) is 1. The van der Waals surface area contributed by atoms with Gasteiger partial charge in [0.05, 0.1) is 11.4 Å². The molecule has 4 heteroatoms. The van der Waals surface area contributed by atoms with Crippen LogP contribution in [0, 0.1) is 12.3 Å². The molecule has 3 nitrogen and oxygen atoms in total. The Morgan fingerprint density at radius 1 is 1.32 bits per heavy atom. The third-order valence-corrected chi connectivity index (χ3v) is 5.10. The fourth-order valence-electron chi connectivity index (χ4n) is 2.45. The Kier molecular flexibility index (Phi) is 2.54. The predicted molar refractivity (Wildman–Crippen MR) is 78.8 cm³/mol. The Hall–Kier alpha value is -1.99. The summed E-state index contributed by atoms with van der Waals surface area (Å²) in [7, 11) is -1.54. The van der Waals surface area contributed by atoms with Crippen LogP contribution in [-0.2, 0) is 6.61 Å². The van der Waals surface area contributed by atoms with Crippen molar-refractivity contribution in [3.05, 3.63) is 35.8 Å². The van der Waals surface area contributed by atoms with Crippen molar-refractivity contribution in [3.63, 3.8) is 0 Å². The first kappa shape index (κ1) is 12.1. The zero-order valence-corrected chi connectivity index (χ0v) is 12.4. The number of benzene rings is 1. The van der Waals surface area contributed by atoms with Crippen LogP contribution in [0.25, 0.3) is 5.69 Å². The third-order valence-electron chi connectivity index (χ3n) is 3.28. The Balaban J connectivity index is 2.32. The summed E-state index contributed by atoms with van der Waals surface area (Å²) in [6.07, 6.45) is 5.63. The summed E-state index contributed by atoms with van der Waals surface area (Å²) in [5, 5.41) is 1.15. The normalized spacial score (nSPS) is 13.2. The van der Waals surface area contributed by atoms with Crippen LogP contribution in [0.1, 0.15) is 11.5 Å². The monoisotopic (exact) mass is 268 g/mol. The Labute approximate surface area is 114 Å². The second kappa shape index (κ2) is 4.00. The van der Waals surface area contributed by atoms with Crippen LogP contribution >= 0.6 is 0 Å². The number of nitrogens with zero attached hydrogens (tertiary/aromatic N) is 2. The van der Waals surface area contributed by atoms with Crippen molar-refractivity contribution in [3.8, 4) is 23.8 Å². The van der Waals surface area contributed by atoms with E-state index < -0.39 is 8.07 Å². The first-order valence-corrected chi connectivity index (χ1v) is 9.83. The van der Waals surface area contributed by atoms with Gasteiger partial charge in [0.15, 0.2) is 5.82 Å². The number of imidazole rings is 1. The van der Waals surface area contributed by atoms with Gasteiger partial charge in [0.1, 0.15) is 20.4 Å². The van der Waals surface area contributed by atoms with Gasteiger partial charge in [-0.2, -0.15) is 0 Å². The van der Waals surface area contributed by atoms with Crippen molar-refractivity contribution in [2.24, 2.45) is 0 Å². The van der Waals surface area contributed by atoms with Crippen LogP contribution in [0.2, 0.25) is 19.6 Å². The van der Waals surface area contributed by atoms with E-state index in [1.807, 2.05) is 24.3 Å². The summed E-state index contributed by atoms with van der Waals surface area (Å²) >= 11 is 0. The van der Waals surface area contributed by atoms with Crippen molar-refractivity contribution < 1.29 is 4.74 Å². The molecule has 0 bridgehead atoms. The first-order valence-electron chi connectivity index (χ1n) is 6.33. The van der Waals surface area contributed by atoms with E-state index >= 15 is 0 Å². The molecule has 1 aliphatic rings. The van der Waals surface area contributed by atoms with Gasteiger partial charge in [0.25, 0.3) is 0 Å². The fraction of sp³-hybridized carbons (Fsp3) is 0.267. The minimum Gasteiger partial charge on any atom is -0.485 e. The second-order valence-electron chi connectivity index (χ2n) is 5.72. The van der Waals surface area contributed by atoms with Gasteiger partial charge in [-0.25, -0.2) is 4.98 Å². The molecule has 0 atom stereocenters. The van der Waals surface area contributed by atoms with E-state index in [0.29, 0.717) is 12.4 Å². The second-order valence-corrected chi connectivity index (χ2v) is 10.7. The molecule has 1 aromatic carbocycles. The van der Waals surface area contributed by atoms with Gasteiger partial charge in [0.2, 0.25) is 0 Å². The molecule has 1 aromatic heterocycles. The maximum atomic E-state index is 5.84. The van der Waals surface area contributed by atoms with Gasteiger partial charge in [-0.05, 0) is 18.1 Å². The van der Waals surface area contributed by atoms with E-state index in [9.17, 15) is 0 Å². The fourth-order valence-corrected chi connectivity index (χ4v) is 3.95. The maximum absolute atomic E-state index is 5.84. The molecule has 19 heavy (non-hydrogen) atoms. The van der Waals surface area contributed by atoms with Crippen LogP contribution in [0.4, 0.5) is 0 Å². The maximum Gasteiger partial charge on any atom is 0.190 e. The van der Waals surface area contributed by atoms with Gasteiger partial charge in [-0.15, -0.1) is 6.42 Å². The Bertz CT molecular complexity index is 689. The highest BCUT2D eigenvalue weighted by Gasteiger charge is 2.31. The minimum atomic E-state index is -1.54. The van der Waals surface area contributed by atoms with E-state index in [1.165, 1.54) is 0 Å². The molecule has 2 aromatic rings. The van der Waals surface area contributed by atoms with Crippen molar-refractivity contribution in [2.45, 2.75) is 26.2 Å². The van der Waals surface area contributed by atoms with Gasteiger partial charge >= 0.3 is 0 Å². The zero-order valence-electron chi connectivity index (χ0n) is 11.4.